The Kier molecular flexibility index (Phi) is 7.03. The molecule has 2 amide bonds. The van der Waals surface area contributed by atoms with Crippen molar-refractivity contribution >= 4 is 29.3 Å². The highest BCUT2D eigenvalue weighted by Crippen LogP contribution is 2.34. The van der Waals surface area contributed by atoms with Crippen LogP contribution < -0.4 is 10.6 Å². The second kappa shape index (κ2) is 9.25. The lowest BCUT2D eigenvalue weighted by molar-refractivity contribution is -0.114. The van der Waals surface area contributed by atoms with E-state index >= 15 is 0 Å². The fourth-order valence-electron chi connectivity index (χ4n) is 2.15. The van der Waals surface area contributed by atoms with E-state index in [0.29, 0.717) is 24.4 Å². The molecule has 2 aromatic rings. The van der Waals surface area contributed by atoms with E-state index < -0.39 is 0 Å². The molecule has 0 heterocycles. The number of aryl methyl sites for hydroxylation is 1. The van der Waals surface area contributed by atoms with Gasteiger partial charge < -0.3 is 15.4 Å². The van der Waals surface area contributed by atoms with Crippen LogP contribution in [0.4, 0.5) is 5.69 Å². The summed E-state index contributed by atoms with van der Waals surface area (Å²) in [6.45, 7) is 4.37. The van der Waals surface area contributed by atoms with Gasteiger partial charge in [-0.05, 0) is 37.3 Å². The van der Waals surface area contributed by atoms with Crippen LogP contribution in [0.5, 0.6) is 0 Å². The monoisotopic (exact) mass is 358 g/mol. The van der Waals surface area contributed by atoms with Crippen molar-refractivity contribution in [2.75, 3.05) is 25.6 Å². The molecule has 2 N–H and O–H groups in total. The number of anilines is 1. The minimum absolute atomic E-state index is 0.178. The van der Waals surface area contributed by atoms with E-state index in [1.54, 1.807) is 31.0 Å². The first-order chi connectivity index (χ1) is 12.0. The summed E-state index contributed by atoms with van der Waals surface area (Å²) in [6.07, 6.45) is 0. The number of benzene rings is 2. The van der Waals surface area contributed by atoms with Crippen molar-refractivity contribution in [3.63, 3.8) is 0 Å². The SMILES string of the molecule is COCCNC(=O)c1ccc(Sc2ccc(C)cc2)c(NC(C)=O)c1. The maximum atomic E-state index is 12.2. The van der Waals surface area contributed by atoms with E-state index in [2.05, 4.69) is 10.6 Å². The van der Waals surface area contributed by atoms with Gasteiger partial charge in [0.05, 0.1) is 12.3 Å². The first-order valence-electron chi connectivity index (χ1n) is 7.93. The highest BCUT2D eigenvalue weighted by Gasteiger charge is 2.12. The zero-order chi connectivity index (χ0) is 18.2. The topological polar surface area (TPSA) is 67.4 Å². The summed E-state index contributed by atoms with van der Waals surface area (Å²) in [4.78, 5) is 25.6. The molecule has 0 saturated carbocycles. The fourth-order valence-corrected chi connectivity index (χ4v) is 3.03. The second-order valence-corrected chi connectivity index (χ2v) is 6.67. The number of carbonyl (C=O) groups is 2. The van der Waals surface area contributed by atoms with E-state index in [0.717, 1.165) is 9.79 Å². The third kappa shape index (κ3) is 5.92. The third-order valence-corrected chi connectivity index (χ3v) is 4.48. The van der Waals surface area contributed by atoms with E-state index in [4.69, 9.17) is 4.74 Å². The first-order valence-corrected chi connectivity index (χ1v) is 8.74. The standard InChI is InChI=1S/C19H22N2O3S/c1-13-4-7-16(8-5-13)25-18-9-6-15(12-17(18)21-14(2)22)19(23)20-10-11-24-3/h4-9,12H,10-11H2,1-3H3,(H,20,23)(H,21,22). The van der Waals surface area contributed by atoms with Gasteiger partial charge in [-0.15, -0.1) is 0 Å². The van der Waals surface area contributed by atoms with Gasteiger partial charge in [0.2, 0.25) is 5.91 Å². The molecule has 0 aliphatic carbocycles. The van der Waals surface area contributed by atoms with Crippen LogP contribution in [-0.2, 0) is 9.53 Å². The maximum Gasteiger partial charge on any atom is 0.251 e. The largest absolute Gasteiger partial charge is 0.383 e. The molecule has 0 unspecified atom stereocenters. The summed E-state index contributed by atoms with van der Waals surface area (Å²) in [5, 5.41) is 5.58. The van der Waals surface area contributed by atoms with Crippen LogP contribution in [0.2, 0.25) is 0 Å². The number of nitrogens with one attached hydrogen (secondary N) is 2. The number of hydrogen-bond acceptors (Lipinski definition) is 4. The highest BCUT2D eigenvalue weighted by atomic mass is 32.2. The molecule has 0 saturated heterocycles. The van der Waals surface area contributed by atoms with Crippen molar-refractivity contribution in [2.24, 2.45) is 0 Å². The van der Waals surface area contributed by atoms with Crippen LogP contribution in [0.15, 0.2) is 52.3 Å². The quantitative estimate of drug-likeness (QED) is 0.744. The molecule has 25 heavy (non-hydrogen) atoms. The van der Waals surface area contributed by atoms with E-state index in [9.17, 15) is 9.59 Å². The Morgan fingerprint density at radius 2 is 1.84 bits per heavy atom. The van der Waals surface area contributed by atoms with Crippen LogP contribution >= 0.6 is 11.8 Å². The number of rotatable bonds is 7. The van der Waals surface area contributed by atoms with Crippen LogP contribution in [0.3, 0.4) is 0 Å². The average molecular weight is 358 g/mol. The Morgan fingerprint density at radius 1 is 1.12 bits per heavy atom. The van der Waals surface area contributed by atoms with Crippen molar-refractivity contribution in [2.45, 2.75) is 23.6 Å². The maximum absolute atomic E-state index is 12.2. The second-order valence-electron chi connectivity index (χ2n) is 5.56. The van der Waals surface area contributed by atoms with Gasteiger partial charge in [-0.2, -0.15) is 0 Å². The van der Waals surface area contributed by atoms with E-state index in [-0.39, 0.29) is 11.8 Å². The first kappa shape index (κ1) is 19.0. The zero-order valence-corrected chi connectivity index (χ0v) is 15.4. The summed E-state index contributed by atoms with van der Waals surface area (Å²) >= 11 is 1.54. The molecule has 6 heteroatoms. The van der Waals surface area contributed by atoms with Crippen molar-refractivity contribution < 1.29 is 14.3 Å². The molecule has 0 bridgehead atoms. The molecular formula is C19H22N2O3S. The summed E-state index contributed by atoms with van der Waals surface area (Å²) < 4.78 is 4.92. The van der Waals surface area contributed by atoms with Crippen molar-refractivity contribution in [1.29, 1.82) is 0 Å². The summed E-state index contributed by atoms with van der Waals surface area (Å²) in [7, 11) is 1.58. The molecule has 0 aliphatic rings. The highest BCUT2D eigenvalue weighted by molar-refractivity contribution is 7.99. The number of amides is 2. The van der Waals surface area contributed by atoms with Gasteiger partial charge in [-0.1, -0.05) is 29.5 Å². The number of methoxy groups -OCH3 is 1. The van der Waals surface area contributed by atoms with Crippen LogP contribution in [-0.4, -0.2) is 32.1 Å². The summed E-state index contributed by atoms with van der Waals surface area (Å²) in [6, 6.07) is 13.4. The molecule has 0 spiro atoms. The van der Waals surface area contributed by atoms with Gasteiger partial charge in [0.1, 0.15) is 0 Å². The molecular weight excluding hydrogens is 336 g/mol. The predicted molar refractivity (Wildman–Crippen MR) is 100 cm³/mol. The van der Waals surface area contributed by atoms with Crippen molar-refractivity contribution in [1.82, 2.24) is 5.32 Å². The predicted octanol–water partition coefficient (Wildman–Crippen LogP) is 3.48. The third-order valence-electron chi connectivity index (χ3n) is 3.39. The van der Waals surface area contributed by atoms with Crippen LogP contribution in [0, 0.1) is 6.92 Å². The van der Waals surface area contributed by atoms with Crippen LogP contribution in [0.25, 0.3) is 0 Å². The molecule has 2 rings (SSSR count). The van der Waals surface area contributed by atoms with E-state index in [1.807, 2.05) is 37.3 Å². The lowest BCUT2D eigenvalue weighted by atomic mass is 10.2. The van der Waals surface area contributed by atoms with E-state index in [1.165, 1.54) is 12.5 Å². The molecule has 2 aromatic carbocycles. The lowest BCUT2D eigenvalue weighted by Gasteiger charge is -2.12. The minimum atomic E-state index is -0.199. The Hall–Kier alpha value is -2.31. The Bertz CT molecular complexity index is 745. The molecule has 0 atom stereocenters. The smallest absolute Gasteiger partial charge is 0.251 e. The van der Waals surface area contributed by atoms with Gasteiger partial charge in [0.15, 0.2) is 0 Å². The minimum Gasteiger partial charge on any atom is -0.383 e. The van der Waals surface area contributed by atoms with Crippen LogP contribution in [0.1, 0.15) is 22.8 Å². The molecule has 132 valence electrons. The normalized spacial score (nSPS) is 10.4. The summed E-state index contributed by atoms with van der Waals surface area (Å²) in [5.41, 5.74) is 2.31. The number of hydrogen-bond donors (Lipinski definition) is 2. The molecule has 0 aliphatic heterocycles. The molecule has 0 aromatic heterocycles. The fraction of sp³-hybridized carbons (Fsp3) is 0.263. The number of ether oxygens (including phenoxy) is 1. The molecule has 5 nitrogen and oxygen atoms in total. The van der Waals surface area contributed by atoms with Gasteiger partial charge in [-0.3, -0.25) is 9.59 Å². The van der Waals surface area contributed by atoms with Gasteiger partial charge in [-0.25, -0.2) is 0 Å². The Labute approximate surface area is 152 Å². The molecule has 0 fully saturated rings. The Morgan fingerprint density at radius 3 is 2.48 bits per heavy atom. The van der Waals surface area contributed by atoms with Gasteiger partial charge >= 0.3 is 0 Å². The van der Waals surface area contributed by atoms with Gasteiger partial charge in [0.25, 0.3) is 5.91 Å². The zero-order valence-electron chi connectivity index (χ0n) is 14.6. The lowest BCUT2D eigenvalue weighted by Crippen LogP contribution is -2.27. The van der Waals surface area contributed by atoms with Crippen molar-refractivity contribution in [3.8, 4) is 0 Å². The Balaban J connectivity index is 2.22. The summed E-state index contributed by atoms with van der Waals surface area (Å²) in [5.74, 6) is -0.377. The average Bonchev–Trinajstić information content (AvgIpc) is 2.58. The molecule has 0 radical (unpaired) electrons. The van der Waals surface area contributed by atoms with Gasteiger partial charge in [0, 0.05) is 35.9 Å². The van der Waals surface area contributed by atoms with Crippen molar-refractivity contribution in [3.05, 3.63) is 53.6 Å². The number of carbonyl (C=O) groups excluding carboxylic acids is 2.